The van der Waals surface area contributed by atoms with E-state index >= 15 is 0 Å². The molecule has 1 aromatic carbocycles. The number of rotatable bonds is 6. The number of hydrogen-bond donors (Lipinski definition) is 1. The van der Waals surface area contributed by atoms with E-state index in [1.165, 1.54) is 4.68 Å². The lowest BCUT2D eigenvalue weighted by molar-refractivity contribution is 0.382. The Morgan fingerprint density at radius 3 is 2.76 bits per heavy atom. The van der Waals surface area contributed by atoms with Crippen LogP contribution in [0.2, 0.25) is 0 Å². The van der Waals surface area contributed by atoms with Gasteiger partial charge in [-0.05, 0) is 25.6 Å². The lowest BCUT2D eigenvalue weighted by atomic mass is 10.1. The maximum absolute atomic E-state index is 11.9. The van der Waals surface area contributed by atoms with Crippen LogP contribution in [-0.2, 0) is 6.54 Å². The van der Waals surface area contributed by atoms with E-state index in [-0.39, 0.29) is 11.6 Å². The molecular weight excluding hydrogens is 266 g/mol. The van der Waals surface area contributed by atoms with Crippen molar-refractivity contribution in [1.82, 2.24) is 15.1 Å². The van der Waals surface area contributed by atoms with E-state index in [0.717, 1.165) is 23.6 Å². The Bertz CT molecular complexity index is 652. The summed E-state index contributed by atoms with van der Waals surface area (Å²) < 4.78 is 6.91. The van der Waals surface area contributed by atoms with Gasteiger partial charge >= 0.3 is 0 Å². The summed E-state index contributed by atoms with van der Waals surface area (Å²) in [7, 11) is 1.65. The summed E-state index contributed by atoms with van der Waals surface area (Å²) in [4.78, 5) is 11.9. The van der Waals surface area contributed by atoms with Gasteiger partial charge < -0.3 is 10.1 Å². The van der Waals surface area contributed by atoms with E-state index in [2.05, 4.69) is 10.4 Å². The maximum atomic E-state index is 11.9. The van der Waals surface area contributed by atoms with Gasteiger partial charge in [0.05, 0.1) is 25.4 Å². The van der Waals surface area contributed by atoms with Gasteiger partial charge in [-0.3, -0.25) is 4.79 Å². The van der Waals surface area contributed by atoms with Crippen LogP contribution >= 0.6 is 0 Å². The third-order valence-corrected chi connectivity index (χ3v) is 3.32. The summed E-state index contributed by atoms with van der Waals surface area (Å²) in [5.74, 6) is 0.809. The molecule has 0 aliphatic rings. The molecule has 1 unspecified atom stereocenters. The predicted octanol–water partition coefficient (Wildman–Crippen LogP) is 1.91. The van der Waals surface area contributed by atoms with Gasteiger partial charge in [-0.25, -0.2) is 4.68 Å². The molecule has 0 saturated carbocycles. The first-order valence-electron chi connectivity index (χ1n) is 7.06. The molecule has 0 saturated heterocycles. The highest BCUT2D eigenvalue weighted by Gasteiger charge is 2.16. The zero-order chi connectivity index (χ0) is 15.2. The van der Waals surface area contributed by atoms with E-state index in [0.29, 0.717) is 6.54 Å². The first kappa shape index (κ1) is 15.3. The Hall–Kier alpha value is -2.14. The van der Waals surface area contributed by atoms with Crippen molar-refractivity contribution in [3.8, 4) is 5.75 Å². The van der Waals surface area contributed by atoms with Gasteiger partial charge in [-0.1, -0.05) is 25.1 Å². The molecule has 112 valence electrons. The maximum Gasteiger partial charge on any atom is 0.266 e. The Kier molecular flexibility index (Phi) is 5.11. The smallest absolute Gasteiger partial charge is 0.266 e. The molecule has 1 atom stereocenters. The number of methoxy groups -OCH3 is 1. The number of ether oxygens (including phenoxy) is 1. The van der Waals surface area contributed by atoms with Gasteiger partial charge in [-0.15, -0.1) is 0 Å². The highest BCUT2D eigenvalue weighted by molar-refractivity contribution is 5.35. The third-order valence-electron chi connectivity index (χ3n) is 3.32. The van der Waals surface area contributed by atoms with Crippen molar-refractivity contribution in [2.75, 3.05) is 13.7 Å². The first-order chi connectivity index (χ1) is 10.2. The quantitative estimate of drug-likeness (QED) is 0.882. The second-order valence-electron chi connectivity index (χ2n) is 4.85. The fourth-order valence-corrected chi connectivity index (χ4v) is 2.33. The molecule has 2 rings (SSSR count). The van der Waals surface area contributed by atoms with Gasteiger partial charge in [0.15, 0.2) is 0 Å². The van der Waals surface area contributed by atoms with Crippen LogP contribution in [0.5, 0.6) is 5.75 Å². The molecule has 0 spiro atoms. The average molecular weight is 287 g/mol. The van der Waals surface area contributed by atoms with Crippen molar-refractivity contribution in [3.63, 3.8) is 0 Å². The minimum absolute atomic E-state index is 0.0295. The molecule has 0 amide bonds. The van der Waals surface area contributed by atoms with E-state index in [1.54, 1.807) is 19.2 Å². The summed E-state index contributed by atoms with van der Waals surface area (Å²) in [6, 6.07) is 11.1. The largest absolute Gasteiger partial charge is 0.496 e. The molecule has 0 radical (unpaired) electrons. The molecule has 0 aliphatic carbocycles. The van der Waals surface area contributed by atoms with Gasteiger partial charge in [0.25, 0.3) is 5.56 Å². The number of likely N-dealkylation sites (N-methyl/N-ethyl adjacent to an activating group) is 1. The van der Waals surface area contributed by atoms with Crippen LogP contribution in [0, 0.1) is 6.92 Å². The Morgan fingerprint density at radius 2 is 2.05 bits per heavy atom. The van der Waals surface area contributed by atoms with Crippen LogP contribution in [0.25, 0.3) is 0 Å². The van der Waals surface area contributed by atoms with Crippen LogP contribution in [0.1, 0.15) is 24.2 Å². The van der Waals surface area contributed by atoms with Crippen LogP contribution in [-0.4, -0.2) is 23.4 Å². The number of hydrogen-bond acceptors (Lipinski definition) is 4. The van der Waals surface area contributed by atoms with Crippen molar-refractivity contribution in [2.45, 2.75) is 26.4 Å². The molecule has 5 nitrogen and oxygen atoms in total. The lowest BCUT2D eigenvalue weighted by Gasteiger charge is -2.21. The third kappa shape index (κ3) is 3.70. The number of para-hydroxylation sites is 1. The van der Waals surface area contributed by atoms with Gasteiger partial charge in [0.1, 0.15) is 5.75 Å². The topological polar surface area (TPSA) is 56.2 Å². The summed E-state index contributed by atoms with van der Waals surface area (Å²) in [5.41, 5.74) is 1.75. The zero-order valence-corrected chi connectivity index (χ0v) is 12.7. The number of aryl methyl sites for hydroxylation is 1. The van der Waals surface area contributed by atoms with E-state index in [1.807, 2.05) is 38.1 Å². The standard InChI is InChI=1S/C16H21N3O2/c1-4-17-14(13-7-5-6-8-15(13)21-3)11-19-16(20)10-9-12(2)18-19/h5-10,14,17H,4,11H2,1-3H3. The van der Waals surface area contributed by atoms with Crippen LogP contribution < -0.4 is 15.6 Å². The Morgan fingerprint density at radius 1 is 1.29 bits per heavy atom. The monoisotopic (exact) mass is 287 g/mol. The normalized spacial score (nSPS) is 12.1. The first-order valence-corrected chi connectivity index (χ1v) is 7.06. The fraction of sp³-hybridized carbons (Fsp3) is 0.375. The highest BCUT2D eigenvalue weighted by atomic mass is 16.5. The van der Waals surface area contributed by atoms with Crippen molar-refractivity contribution in [3.05, 3.63) is 58.0 Å². The minimum Gasteiger partial charge on any atom is -0.496 e. The van der Waals surface area contributed by atoms with Crippen LogP contribution in [0.15, 0.2) is 41.2 Å². The highest BCUT2D eigenvalue weighted by Crippen LogP contribution is 2.25. The van der Waals surface area contributed by atoms with E-state index in [4.69, 9.17) is 4.74 Å². The average Bonchev–Trinajstić information content (AvgIpc) is 2.50. The molecule has 0 aliphatic heterocycles. The van der Waals surface area contributed by atoms with E-state index < -0.39 is 0 Å². The molecule has 1 N–H and O–H groups in total. The Labute approximate surface area is 124 Å². The summed E-state index contributed by atoms with van der Waals surface area (Å²) >= 11 is 0. The second-order valence-corrected chi connectivity index (χ2v) is 4.85. The Balaban J connectivity index is 2.35. The summed E-state index contributed by atoms with van der Waals surface area (Å²) in [6.45, 7) is 5.17. The number of benzene rings is 1. The number of nitrogens with one attached hydrogen (secondary N) is 1. The molecule has 21 heavy (non-hydrogen) atoms. The molecular formula is C16H21N3O2. The summed E-state index contributed by atoms with van der Waals surface area (Å²) in [5, 5.41) is 7.69. The van der Waals surface area contributed by atoms with Gasteiger partial charge in [0, 0.05) is 11.6 Å². The molecule has 0 fully saturated rings. The zero-order valence-electron chi connectivity index (χ0n) is 12.7. The van der Waals surface area contributed by atoms with Gasteiger partial charge in [-0.2, -0.15) is 5.10 Å². The van der Waals surface area contributed by atoms with E-state index in [9.17, 15) is 4.79 Å². The van der Waals surface area contributed by atoms with Crippen LogP contribution in [0.4, 0.5) is 0 Å². The fourth-order valence-electron chi connectivity index (χ4n) is 2.33. The van der Waals surface area contributed by atoms with Crippen molar-refractivity contribution >= 4 is 0 Å². The molecule has 5 heteroatoms. The molecule has 1 aromatic heterocycles. The molecule has 2 aromatic rings. The molecule has 1 heterocycles. The van der Waals surface area contributed by atoms with Crippen LogP contribution in [0.3, 0.4) is 0 Å². The van der Waals surface area contributed by atoms with Crippen molar-refractivity contribution in [2.24, 2.45) is 0 Å². The number of aromatic nitrogens is 2. The molecule has 0 bridgehead atoms. The minimum atomic E-state index is -0.0987. The predicted molar refractivity (Wildman–Crippen MR) is 82.6 cm³/mol. The lowest BCUT2D eigenvalue weighted by Crippen LogP contribution is -2.32. The summed E-state index contributed by atoms with van der Waals surface area (Å²) in [6.07, 6.45) is 0. The van der Waals surface area contributed by atoms with Crippen molar-refractivity contribution < 1.29 is 4.74 Å². The SMILES string of the molecule is CCNC(Cn1nc(C)ccc1=O)c1ccccc1OC. The second kappa shape index (κ2) is 7.04. The van der Waals surface area contributed by atoms with Crippen molar-refractivity contribution in [1.29, 1.82) is 0 Å². The van der Waals surface area contributed by atoms with Gasteiger partial charge in [0.2, 0.25) is 0 Å². The number of nitrogens with zero attached hydrogens (tertiary/aromatic N) is 2.